The van der Waals surface area contributed by atoms with E-state index in [1.807, 2.05) is 24.3 Å². The van der Waals surface area contributed by atoms with Gasteiger partial charge >= 0.3 is 12.1 Å². The van der Waals surface area contributed by atoms with Crippen molar-refractivity contribution in [2.75, 3.05) is 13.2 Å². The molecule has 5 nitrogen and oxygen atoms in total. The summed E-state index contributed by atoms with van der Waals surface area (Å²) in [7, 11) is 0. The predicted octanol–water partition coefficient (Wildman–Crippen LogP) is 3.64. The van der Waals surface area contributed by atoms with Crippen molar-refractivity contribution in [1.82, 2.24) is 5.32 Å². The van der Waals surface area contributed by atoms with Crippen molar-refractivity contribution in [3.8, 4) is 11.1 Å². The highest BCUT2D eigenvalue weighted by atomic mass is 16.5. The maximum absolute atomic E-state index is 12.0. The van der Waals surface area contributed by atoms with Gasteiger partial charge in [-0.3, -0.25) is 4.79 Å². The van der Waals surface area contributed by atoms with Crippen molar-refractivity contribution in [2.24, 2.45) is 11.8 Å². The molecule has 2 N–H and O–H groups in total. The maximum atomic E-state index is 12.0. The molecule has 2 aliphatic carbocycles. The summed E-state index contributed by atoms with van der Waals surface area (Å²) < 4.78 is 5.47. The first-order valence-corrected chi connectivity index (χ1v) is 8.94. The van der Waals surface area contributed by atoms with E-state index in [2.05, 4.69) is 29.6 Å². The normalized spacial score (nSPS) is 20.2. The zero-order chi connectivity index (χ0) is 18.1. The van der Waals surface area contributed by atoms with Crippen LogP contribution in [0.5, 0.6) is 0 Å². The highest BCUT2D eigenvalue weighted by molar-refractivity contribution is 5.79. The zero-order valence-corrected chi connectivity index (χ0v) is 14.4. The third-order valence-corrected chi connectivity index (χ3v) is 5.36. The first-order valence-electron chi connectivity index (χ1n) is 8.94. The summed E-state index contributed by atoms with van der Waals surface area (Å²) >= 11 is 0. The summed E-state index contributed by atoms with van der Waals surface area (Å²) in [6.45, 7) is 0.775. The van der Waals surface area contributed by atoms with Crippen LogP contribution in [0.4, 0.5) is 4.79 Å². The summed E-state index contributed by atoms with van der Waals surface area (Å²) in [4.78, 5) is 22.7. The maximum Gasteiger partial charge on any atom is 0.407 e. The zero-order valence-electron chi connectivity index (χ0n) is 14.4. The van der Waals surface area contributed by atoms with Crippen LogP contribution in [0.15, 0.2) is 48.5 Å². The summed E-state index contributed by atoms with van der Waals surface area (Å²) in [5, 5.41) is 11.5. The molecular weight excluding hydrogens is 330 g/mol. The molecule has 0 aliphatic heterocycles. The lowest BCUT2D eigenvalue weighted by Gasteiger charge is -2.14. The Morgan fingerprint density at radius 2 is 1.62 bits per heavy atom. The minimum absolute atomic E-state index is 0.0498. The van der Waals surface area contributed by atoms with Gasteiger partial charge in [0, 0.05) is 18.9 Å². The molecule has 1 amide bonds. The molecular formula is C21H21NO4. The molecule has 2 aliphatic rings. The number of alkyl carbamates (subject to hydrolysis) is 1. The van der Waals surface area contributed by atoms with E-state index in [9.17, 15) is 9.59 Å². The SMILES string of the molecule is O=C(O)C[C@@H]1C[C@@H]1CNC(=O)OCC1c2ccccc2-c2ccccc21. The van der Waals surface area contributed by atoms with E-state index in [1.54, 1.807) is 0 Å². The van der Waals surface area contributed by atoms with Crippen LogP contribution in [0.2, 0.25) is 0 Å². The van der Waals surface area contributed by atoms with Crippen LogP contribution in [0, 0.1) is 11.8 Å². The number of ether oxygens (including phenoxy) is 1. The molecule has 0 radical (unpaired) electrons. The van der Waals surface area contributed by atoms with Crippen molar-refractivity contribution in [2.45, 2.75) is 18.8 Å². The second-order valence-corrected chi connectivity index (χ2v) is 7.06. The van der Waals surface area contributed by atoms with Crippen LogP contribution >= 0.6 is 0 Å². The van der Waals surface area contributed by atoms with Crippen LogP contribution < -0.4 is 5.32 Å². The van der Waals surface area contributed by atoms with Crippen LogP contribution in [0.25, 0.3) is 11.1 Å². The molecule has 1 saturated carbocycles. The van der Waals surface area contributed by atoms with Gasteiger partial charge in [0.15, 0.2) is 0 Å². The highest BCUT2D eigenvalue weighted by Crippen LogP contribution is 2.44. The van der Waals surface area contributed by atoms with Gasteiger partial charge in [-0.2, -0.15) is 0 Å². The standard InChI is InChI=1S/C21H21NO4/c23-20(24)10-13-9-14(13)11-22-21(25)26-12-19-17-7-3-1-5-15(17)16-6-2-4-8-18(16)19/h1-8,13-14,19H,9-12H2,(H,22,25)(H,23,24)/t13-,14+/m0/s1. The summed E-state index contributed by atoms with van der Waals surface area (Å²) in [5.41, 5.74) is 4.77. The van der Waals surface area contributed by atoms with Crippen LogP contribution in [0.1, 0.15) is 29.9 Å². The number of carbonyl (C=O) groups excluding carboxylic acids is 1. The molecule has 4 rings (SSSR count). The van der Waals surface area contributed by atoms with Crippen LogP contribution in [0.3, 0.4) is 0 Å². The molecule has 0 spiro atoms. The van der Waals surface area contributed by atoms with Crippen LogP contribution in [-0.4, -0.2) is 30.3 Å². The molecule has 134 valence electrons. The Kier molecular flexibility index (Phi) is 4.37. The summed E-state index contributed by atoms with van der Waals surface area (Å²) in [6.07, 6.45) is 0.598. The van der Waals surface area contributed by atoms with Gasteiger partial charge < -0.3 is 15.2 Å². The Balaban J connectivity index is 1.34. The number of fused-ring (bicyclic) bond motifs is 3. The fourth-order valence-corrected chi connectivity index (χ4v) is 3.90. The van der Waals surface area contributed by atoms with Gasteiger partial charge in [0.2, 0.25) is 0 Å². The molecule has 2 aromatic carbocycles. The lowest BCUT2D eigenvalue weighted by atomic mass is 9.98. The number of benzene rings is 2. The van der Waals surface area contributed by atoms with E-state index in [1.165, 1.54) is 22.3 Å². The molecule has 0 heterocycles. The number of rotatable bonds is 6. The summed E-state index contributed by atoms with van der Waals surface area (Å²) in [6, 6.07) is 16.4. The average molecular weight is 351 g/mol. The predicted molar refractivity (Wildman–Crippen MR) is 96.9 cm³/mol. The van der Waals surface area contributed by atoms with Crippen molar-refractivity contribution in [1.29, 1.82) is 0 Å². The van der Waals surface area contributed by atoms with Gasteiger partial charge in [0.1, 0.15) is 6.61 Å². The Labute approximate surface area is 152 Å². The molecule has 26 heavy (non-hydrogen) atoms. The van der Waals surface area contributed by atoms with Gasteiger partial charge in [-0.15, -0.1) is 0 Å². The third kappa shape index (κ3) is 3.29. The molecule has 5 heteroatoms. The number of carboxylic acids is 1. The van der Waals surface area contributed by atoms with Gasteiger partial charge in [-0.25, -0.2) is 4.79 Å². The monoisotopic (exact) mass is 351 g/mol. The van der Waals surface area contributed by atoms with E-state index in [0.717, 1.165) is 6.42 Å². The lowest BCUT2D eigenvalue weighted by Crippen LogP contribution is -2.28. The van der Waals surface area contributed by atoms with E-state index < -0.39 is 12.1 Å². The molecule has 0 unspecified atom stereocenters. The number of aliphatic carboxylic acids is 1. The Hall–Kier alpha value is -2.82. The Bertz CT molecular complexity index is 802. The van der Waals surface area contributed by atoms with Crippen molar-refractivity contribution < 1.29 is 19.4 Å². The minimum Gasteiger partial charge on any atom is -0.481 e. The van der Waals surface area contributed by atoms with Crippen molar-refractivity contribution in [3.63, 3.8) is 0 Å². The molecule has 2 atom stereocenters. The number of nitrogens with one attached hydrogen (secondary N) is 1. The van der Waals surface area contributed by atoms with Crippen molar-refractivity contribution >= 4 is 12.1 Å². The van der Waals surface area contributed by atoms with Gasteiger partial charge in [-0.05, 0) is 40.5 Å². The number of carbonyl (C=O) groups is 2. The molecule has 0 aromatic heterocycles. The van der Waals surface area contributed by atoms with Crippen LogP contribution in [-0.2, 0) is 9.53 Å². The van der Waals surface area contributed by atoms with Gasteiger partial charge in [-0.1, -0.05) is 48.5 Å². The molecule has 1 fully saturated rings. The van der Waals surface area contributed by atoms with Gasteiger partial charge in [0.05, 0.1) is 0 Å². The molecule has 0 saturated heterocycles. The fraction of sp³-hybridized carbons (Fsp3) is 0.333. The smallest absolute Gasteiger partial charge is 0.407 e. The lowest BCUT2D eigenvalue weighted by molar-refractivity contribution is -0.137. The quantitative estimate of drug-likeness (QED) is 0.833. The van der Waals surface area contributed by atoms with Crippen molar-refractivity contribution in [3.05, 3.63) is 59.7 Å². The molecule has 0 bridgehead atoms. The second kappa shape index (κ2) is 6.83. The van der Waals surface area contributed by atoms with E-state index >= 15 is 0 Å². The minimum atomic E-state index is -0.779. The topological polar surface area (TPSA) is 75.6 Å². The molecule has 2 aromatic rings. The first-order chi connectivity index (χ1) is 12.6. The van der Waals surface area contributed by atoms with E-state index in [-0.39, 0.29) is 24.2 Å². The first kappa shape index (κ1) is 16.6. The van der Waals surface area contributed by atoms with Gasteiger partial charge in [0.25, 0.3) is 0 Å². The third-order valence-electron chi connectivity index (χ3n) is 5.36. The number of amides is 1. The Morgan fingerprint density at radius 1 is 1.00 bits per heavy atom. The average Bonchev–Trinajstić information content (AvgIpc) is 3.29. The largest absolute Gasteiger partial charge is 0.481 e. The number of hydrogen-bond acceptors (Lipinski definition) is 3. The summed E-state index contributed by atoms with van der Waals surface area (Å²) in [5.74, 6) is -0.291. The number of hydrogen-bond donors (Lipinski definition) is 2. The second-order valence-electron chi connectivity index (χ2n) is 7.06. The Morgan fingerprint density at radius 3 is 2.23 bits per heavy atom. The van der Waals surface area contributed by atoms with E-state index in [4.69, 9.17) is 9.84 Å². The number of carboxylic acid groups (broad SMARTS) is 1. The highest BCUT2D eigenvalue weighted by Gasteiger charge is 2.38. The van der Waals surface area contributed by atoms with E-state index in [0.29, 0.717) is 13.2 Å². The fourth-order valence-electron chi connectivity index (χ4n) is 3.90.